The number of rotatable bonds is 2. The Morgan fingerprint density at radius 2 is 1.89 bits per heavy atom. The molecule has 1 aromatic heterocycles. The molecule has 1 aliphatic rings. The number of likely N-dealkylation sites (N-methyl/N-ethyl adjacent to an activating group) is 1. The van der Waals surface area contributed by atoms with Gasteiger partial charge in [-0.25, -0.2) is 4.98 Å². The number of halogens is 1. The normalized spacial score (nSPS) is 16.9. The van der Waals surface area contributed by atoms with Crippen molar-refractivity contribution in [3.05, 3.63) is 21.1 Å². The van der Waals surface area contributed by atoms with E-state index in [1.165, 1.54) is 0 Å². The van der Waals surface area contributed by atoms with Gasteiger partial charge in [-0.05, 0) is 25.6 Å². The first-order valence-corrected chi connectivity index (χ1v) is 5.99. The highest BCUT2D eigenvalue weighted by molar-refractivity contribution is 6.28. The molecule has 0 saturated carbocycles. The summed E-state index contributed by atoms with van der Waals surface area (Å²) >= 11 is 5.79. The predicted octanol–water partition coefficient (Wildman–Crippen LogP) is 1.10. The lowest BCUT2D eigenvalue weighted by molar-refractivity contribution is -0.385. The fraction of sp³-hybridized carbons (Fsp3) is 0.600. The van der Waals surface area contributed by atoms with Crippen molar-refractivity contribution in [3.63, 3.8) is 0 Å². The Balaban J connectivity index is 2.39. The molecule has 98 valence electrons. The number of aromatic nitrogens is 2. The van der Waals surface area contributed by atoms with E-state index in [1.807, 2.05) is 11.9 Å². The van der Waals surface area contributed by atoms with Crippen molar-refractivity contribution in [1.29, 1.82) is 0 Å². The van der Waals surface area contributed by atoms with E-state index in [1.54, 1.807) is 6.92 Å². The van der Waals surface area contributed by atoms with Gasteiger partial charge in [-0.3, -0.25) is 10.1 Å². The molecule has 0 aliphatic carbocycles. The van der Waals surface area contributed by atoms with Gasteiger partial charge in [0.2, 0.25) is 11.1 Å². The molecule has 0 aromatic carbocycles. The summed E-state index contributed by atoms with van der Waals surface area (Å²) in [6.45, 7) is 4.66. The van der Waals surface area contributed by atoms with Gasteiger partial charge in [-0.2, -0.15) is 4.98 Å². The van der Waals surface area contributed by atoms with Gasteiger partial charge in [0, 0.05) is 26.2 Å². The van der Waals surface area contributed by atoms with Crippen LogP contribution in [0.1, 0.15) is 5.69 Å². The third kappa shape index (κ3) is 2.51. The largest absolute Gasteiger partial charge is 0.348 e. The Morgan fingerprint density at radius 1 is 1.28 bits per heavy atom. The number of anilines is 1. The van der Waals surface area contributed by atoms with Gasteiger partial charge in [0.05, 0.1) is 4.92 Å². The summed E-state index contributed by atoms with van der Waals surface area (Å²) < 4.78 is 0. The van der Waals surface area contributed by atoms with E-state index in [9.17, 15) is 10.1 Å². The van der Waals surface area contributed by atoms with E-state index < -0.39 is 4.92 Å². The monoisotopic (exact) mass is 271 g/mol. The number of piperazine rings is 1. The van der Waals surface area contributed by atoms with Crippen LogP contribution in [-0.4, -0.2) is 53.0 Å². The van der Waals surface area contributed by atoms with Crippen LogP contribution in [0.2, 0.25) is 5.28 Å². The van der Waals surface area contributed by atoms with Crippen LogP contribution in [-0.2, 0) is 0 Å². The molecule has 1 aliphatic heterocycles. The zero-order valence-electron chi connectivity index (χ0n) is 10.3. The van der Waals surface area contributed by atoms with Gasteiger partial charge in [0.15, 0.2) is 0 Å². The van der Waals surface area contributed by atoms with Crippen molar-refractivity contribution in [2.24, 2.45) is 0 Å². The van der Waals surface area contributed by atoms with Crippen LogP contribution in [0.25, 0.3) is 0 Å². The lowest BCUT2D eigenvalue weighted by Gasteiger charge is -2.32. The number of aryl methyl sites for hydroxylation is 1. The van der Waals surface area contributed by atoms with Gasteiger partial charge >= 0.3 is 5.69 Å². The fourth-order valence-electron chi connectivity index (χ4n) is 1.97. The van der Waals surface area contributed by atoms with E-state index in [0.717, 1.165) is 13.1 Å². The van der Waals surface area contributed by atoms with Gasteiger partial charge < -0.3 is 9.80 Å². The summed E-state index contributed by atoms with van der Waals surface area (Å²) in [7, 11) is 2.02. The second-order valence-corrected chi connectivity index (χ2v) is 4.64. The first-order chi connectivity index (χ1) is 8.49. The van der Waals surface area contributed by atoms with Crippen LogP contribution < -0.4 is 4.90 Å². The number of nitrogens with zero attached hydrogens (tertiary/aromatic N) is 5. The molecule has 0 N–H and O–H groups in total. The second kappa shape index (κ2) is 5.03. The Labute approximate surface area is 110 Å². The molecule has 0 amide bonds. The van der Waals surface area contributed by atoms with Gasteiger partial charge in [0.25, 0.3) is 0 Å². The highest BCUT2D eigenvalue weighted by Gasteiger charge is 2.27. The smallest absolute Gasteiger partial charge is 0.332 e. The predicted molar refractivity (Wildman–Crippen MR) is 68.1 cm³/mol. The van der Waals surface area contributed by atoms with Gasteiger partial charge in [-0.1, -0.05) is 0 Å². The first kappa shape index (κ1) is 13.0. The Hall–Kier alpha value is -1.47. The van der Waals surface area contributed by atoms with Gasteiger partial charge in [-0.15, -0.1) is 0 Å². The molecule has 8 heteroatoms. The molecule has 7 nitrogen and oxygen atoms in total. The van der Waals surface area contributed by atoms with Crippen molar-refractivity contribution in [1.82, 2.24) is 14.9 Å². The van der Waals surface area contributed by atoms with E-state index in [-0.39, 0.29) is 11.0 Å². The third-order valence-corrected chi connectivity index (χ3v) is 3.17. The minimum atomic E-state index is -0.445. The first-order valence-electron chi connectivity index (χ1n) is 5.61. The molecule has 0 atom stereocenters. The van der Waals surface area contributed by atoms with Crippen molar-refractivity contribution >= 4 is 23.1 Å². The molecule has 2 rings (SSSR count). The van der Waals surface area contributed by atoms with Crippen molar-refractivity contribution in [2.45, 2.75) is 6.92 Å². The number of hydrogen-bond donors (Lipinski definition) is 0. The molecule has 0 bridgehead atoms. The SMILES string of the molecule is Cc1nc(Cl)nc(N2CCN(C)CC2)c1[N+](=O)[O-]. The highest BCUT2D eigenvalue weighted by atomic mass is 35.5. The maximum Gasteiger partial charge on any atom is 0.332 e. The molecule has 0 unspecified atom stereocenters. The van der Waals surface area contributed by atoms with E-state index in [2.05, 4.69) is 14.9 Å². The van der Waals surface area contributed by atoms with E-state index >= 15 is 0 Å². The maximum absolute atomic E-state index is 11.1. The summed E-state index contributed by atoms with van der Waals surface area (Å²) in [4.78, 5) is 22.6. The Bertz CT molecular complexity index is 474. The van der Waals surface area contributed by atoms with Crippen molar-refractivity contribution in [3.8, 4) is 0 Å². The van der Waals surface area contributed by atoms with Crippen LogP contribution in [0.5, 0.6) is 0 Å². The quantitative estimate of drug-likeness (QED) is 0.455. The third-order valence-electron chi connectivity index (χ3n) is 3.00. The molecular formula is C10H14ClN5O2. The van der Waals surface area contributed by atoms with Crippen LogP contribution >= 0.6 is 11.6 Å². The van der Waals surface area contributed by atoms with Crippen molar-refractivity contribution in [2.75, 3.05) is 38.1 Å². The lowest BCUT2D eigenvalue weighted by atomic mass is 10.3. The number of nitro groups is 1. The average Bonchev–Trinajstić information content (AvgIpc) is 2.28. The molecule has 1 fully saturated rings. The molecule has 0 spiro atoms. The Morgan fingerprint density at radius 3 is 2.44 bits per heavy atom. The van der Waals surface area contributed by atoms with E-state index in [0.29, 0.717) is 24.6 Å². The minimum Gasteiger partial charge on any atom is -0.348 e. The summed E-state index contributed by atoms with van der Waals surface area (Å²) in [5, 5.41) is 11.2. The average molecular weight is 272 g/mol. The summed E-state index contributed by atoms with van der Waals surface area (Å²) in [6.07, 6.45) is 0. The molecule has 1 saturated heterocycles. The Kier molecular flexibility index (Phi) is 3.63. The summed E-state index contributed by atoms with van der Waals surface area (Å²) in [6, 6.07) is 0. The van der Waals surface area contributed by atoms with Crippen LogP contribution in [0.15, 0.2) is 0 Å². The van der Waals surface area contributed by atoms with Crippen molar-refractivity contribution < 1.29 is 4.92 Å². The molecule has 2 heterocycles. The molecule has 18 heavy (non-hydrogen) atoms. The zero-order chi connectivity index (χ0) is 13.3. The molecular weight excluding hydrogens is 258 g/mol. The highest BCUT2D eigenvalue weighted by Crippen LogP contribution is 2.30. The van der Waals surface area contributed by atoms with Crippen LogP contribution in [0, 0.1) is 17.0 Å². The second-order valence-electron chi connectivity index (χ2n) is 4.30. The standard InChI is InChI=1S/C10H14ClN5O2/c1-7-8(16(17)18)9(13-10(11)12-7)15-5-3-14(2)4-6-15/h3-6H2,1-2H3. The molecule has 0 radical (unpaired) electrons. The van der Waals surface area contributed by atoms with Crippen LogP contribution in [0.4, 0.5) is 11.5 Å². The van der Waals surface area contributed by atoms with E-state index in [4.69, 9.17) is 11.6 Å². The summed E-state index contributed by atoms with van der Waals surface area (Å²) in [5.74, 6) is 0.325. The summed E-state index contributed by atoms with van der Waals surface area (Å²) in [5.41, 5.74) is 0.248. The topological polar surface area (TPSA) is 75.4 Å². The zero-order valence-corrected chi connectivity index (χ0v) is 11.0. The minimum absolute atomic E-state index is 0.0482. The number of hydrogen-bond acceptors (Lipinski definition) is 6. The fourth-order valence-corrected chi connectivity index (χ4v) is 2.18. The van der Waals surface area contributed by atoms with Gasteiger partial charge in [0.1, 0.15) is 5.69 Å². The van der Waals surface area contributed by atoms with Crippen LogP contribution in [0.3, 0.4) is 0 Å². The lowest BCUT2D eigenvalue weighted by Crippen LogP contribution is -2.45. The maximum atomic E-state index is 11.1. The molecule has 1 aromatic rings.